The summed E-state index contributed by atoms with van der Waals surface area (Å²) in [5.41, 5.74) is 1.86. The van der Waals surface area contributed by atoms with Gasteiger partial charge in [-0.25, -0.2) is 4.99 Å². The molecule has 1 aliphatic rings. The summed E-state index contributed by atoms with van der Waals surface area (Å²) in [4.78, 5) is 34.2. The van der Waals surface area contributed by atoms with Gasteiger partial charge in [-0.3, -0.25) is 9.59 Å². The number of fused-ring (bicyclic) bond motifs is 1. The summed E-state index contributed by atoms with van der Waals surface area (Å²) in [6.07, 6.45) is 0. The Kier molecular flexibility index (Phi) is 8.72. The largest absolute Gasteiger partial charge is 0.495 e. The first-order valence-electron chi connectivity index (χ1n) is 13.0. The lowest BCUT2D eigenvalue weighted by Gasteiger charge is -2.27. The fraction of sp³-hybridized carbons (Fsp3) is 0.241. The Bertz CT molecular complexity index is 1650. The van der Waals surface area contributed by atoms with E-state index in [1.165, 1.54) is 25.0 Å². The monoisotopic (exact) mass is 576 g/mol. The molecule has 41 heavy (non-hydrogen) atoms. The number of hydrogen-bond donors (Lipinski definition) is 2. The summed E-state index contributed by atoms with van der Waals surface area (Å²) in [6, 6.07) is 18.4. The Balaban J connectivity index is 1.92. The molecular weight excluding hydrogens is 544 g/mol. The van der Waals surface area contributed by atoms with E-state index in [0.29, 0.717) is 22.8 Å². The van der Waals surface area contributed by atoms with E-state index in [9.17, 15) is 18.0 Å². The van der Waals surface area contributed by atoms with Gasteiger partial charge in [0.15, 0.2) is 11.5 Å². The number of rotatable bonds is 9. The predicted molar refractivity (Wildman–Crippen MR) is 162 cm³/mol. The van der Waals surface area contributed by atoms with Crippen LogP contribution in [0.25, 0.3) is 0 Å². The van der Waals surface area contributed by atoms with Crippen molar-refractivity contribution in [2.24, 2.45) is 9.39 Å². The summed E-state index contributed by atoms with van der Waals surface area (Å²) >= 11 is 0. The molecule has 3 aromatic carbocycles. The van der Waals surface area contributed by atoms with Crippen LogP contribution in [0.15, 0.2) is 81.0 Å². The van der Waals surface area contributed by atoms with Gasteiger partial charge < -0.3 is 25.2 Å². The fourth-order valence-electron chi connectivity index (χ4n) is 4.44. The van der Waals surface area contributed by atoms with Gasteiger partial charge >= 0.3 is 0 Å². The van der Waals surface area contributed by atoms with E-state index in [1.807, 2.05) is 19.9 Å². The smallest absolute Gasteiger partial charge is 0.286 e. The standard InChI is InChI=1S/C29H32N6O5S/c1-6-35(7-2)20-16-17-21(23(18-20)30-19(3)36)31-27(29(37)32-22-12-8-10-14-25(22)40-5)28-33-41(38,39)26-15-11-9-13-24(26)34(28)4/h8-18H,6-7H2,1-5H3,(H,30,36)(H,32,37)/b31-27-. The molecule has 0 saturated carbocycles. The van der Waals surface area contributed by atoms with Crippen LogP contribution in [-0.4, -0.2) is 59.0 Å². The Labute approximate surface area is 239 Å². The number of methoxy groups -OCH3 is 1. The Morgan fingerprint density at radius 2 is 1.66 bits per heavy atom. The normalized spacial score (nSPS) is 14.0. The number of benzene rings is 3. The van der Waals surface area contributed by atoms with Gasteiger partial charge in [0.25, 0.3) is 15.9 Å². The van der Waals surface area contributed by atoms with Crippen LogP contribution < -0.4 is 25.2 Å². The number of carbonyl (C=O) groups is 2. The first-order valence-corrected chi connectivity index (χ1v) is 14.4. The third kappa shape index (κ3) is 6.22. The van der Waals surface area contributed by atoms with Crippen LogP contribution in [0, 0.1) is 0 Å². The minimum atomic E-state index is -4.15. The number of sulfonamides is 1. The molecule has 2 amide bonds. The Morgan fingerprint density at radius 3 is 2.34 bits per heavy atom. The highest BCUT2D eigenvalue weighted by Gasteiger charge is 2.34. The van der Waals surface area contributed by atoms with Crippen molar-refractivity contribution < 1.29 is 22.7 Å². The van der Waals surface area contributed by atoms with Gasteiger partial charge in [-0.2, -0.15) is 8.42 Å². The summed E-state index contributed by atoms with van der Waals surface area (Å²) < 4.78 is 35.7. The molecule has 0 unspecified atom stereocenters. The van der Waals surface area contributed by atoms with Crippen molar-refractivity contribution in [3.8, 4) is 5.75 Å². The van der Waals surface area contributed by atoms with Gasteiger partial charge in [0, 0.05) is 32.7 Å². The number of aliphatic imine (C=N–C) groups is 1. The molecule has 0 aliphatic carbocycles. The number of amides is 2. The number of nitrogens with one attached hydrogen (secondary N) is 2. The maximum absolute atomic E-state index is 13.9. The van der Waals surface area contributed by atoms with E-state index in [4.69, 9.17) is 4.74 Å². The molecule has 2 N–H and O–H groups in total. The SMILES string of the molecule is CCN(CC)c1ccc(/N=C(\C(=O)Nc2ccccc2OC)C2=NS(=O)(=O)c3ccccc3N2C)c(NC(C)=O)c1. The molecule has 214 valence electrons. The Morgan fingerprint density at radius 1 is 0.976 bits per heavy atom. The molecule has 0 atom stereocenters. The third-order valence-electron chi connectivity index (χ3n) is 6.46. The second-order valence-corrected chi connectivity index (χ2v) is 10.7. The van der Waals surface area contributed by atoms with Crippen LogP contribution in [0.1, 0.15) is 20.8 Å². The molecule has 0 bridgehead atoms. The first-order chi connectivity index (χ1) is 19.6. The lowest BCUT2D eigenvalue weighted by molar-refractivity contribution is -0.114. The third-order valence-corrected chi connectivity index (χ3v) is 7.78. The summed E-state index contributed by atoms with van der Waals surface area (Å²) in [7, 11) is -1.07. The predicted octanol–water partition coefficient (Wildman–Crippen LogP) is 4.45. The molecule has 0 fully saturated rings. The number of amidine groups is 1. The van der Waals surface area contributed by atoms with Crippen molar-refractivity contribution in [1.82, 2.24) is 0 Å². The zero-order chi connectivity index (χ0) is 29.7. The van der Waals surface area contributed by atoms with Crippen molar-refractivity contribution in [3.63, 3.8) is 0 Å². The van der Waals surface area contributed by atoms with Crippen LogP contribution in [0.3, 0.4) is 0 Å². The quantitative estimate of drug-likeness (QED) is 0.360. The highest BCUT2D eigenvalue weighted by atomic mass is 32.2. The second kappa shape index (κ2) is 12.2. The van der Waals surface area contributed by atoms with E-state index in [1.54, 1.807) is 61.6 Å². The van der Waals surface area contributed by atoms with Gasteiger partial charge in [0.05, 0.1) is 29.9 Å². The molecule has 4 rings (SSSR count). The number of carbonyl (C=O) groups excluding carboxylic acids is 2. The molecule has 0 spiro atoms. The van der Waals surface area contributed by atoms with E-state index < -0.39 is 15.9 Å². The molecule has 0 aromatic heterocycles. The van der Waals surface area contributed by atoms with Gasteiger partial charge in [-0.1, -0.05) is 24.3 Å². The lowest BCUT2D eigenvalue weighted by atomic mass is 10.2. The van der Waals surface area contributed by atoms with Crippen LogP contribution >= 0.6 is 0 Å². The van der Waals surface area contributed by atoms with E-state index in [2.05, 4.69) is 24.9 Å². The molecule has 1 heterocycles. The maximum atomic E-state index is 13.9. The number of para-hydroxylation sites is 3. The highest BCUT2D eigenvalue weighted by molar-refractivity contribution is 7.90. The molecule has 12 heteroatoms. The lowest BCUT2D eigenvalue weighted by Crippen LogP contribution is -2.43. The Hall–Kier alpha value is -4.71. The van der Waals surface area contributed by atoms with E-state index >= 15 is 0 Å². The van der Waals surface area contributed by atoms with Gasteiger partial charge in [-0.15, -0.1) is 4.40 Å². The fourth-order valence-corrected chi connectivity index (χ4v) is 5.70. The van der Waals surface area contributed by atoms with Crippen LogP contribution in [0.2, 0.25) is 0 Å². The van der Waals surface area contributed by atoms with Crippen molar-refractivity contribution in [3.05, 3.63) is 66.7 Å². The average Bonchev–Trinajstić information content (AvgIpc) is 2.95. The van der Waals surface area contributed by atoms with Crippen LogP contribution in [0.4, 0.5) is 28.4 Å². The molecule has 0 saturated heterocycles. The number of nitrogens with zero attached hydrogens (tertiary/aromatic N) is 4. The van der Waals surface area contributed by atoms with Crippen LogP contribution in [0.5, 0.6) is 5.75 Å². The van der Waals surface area contributed by atoms with E-state index in [0.717, 1.165) is 18.8 Å². The van der Waals surface area contributed by atoms with Crippen molar-refractivity contribution in [2.75, 3.05) is 47.7 Å². The van der Waals surface area contributed by atoms with Crippen molar-refractivity contribution >= 4 is 61.8 Å². The highest BCUT2D eigenvalue weighted by Crippen LogP contribution is 2.34. The first kappa shape index (κ1) is 29.3. The number of hydrogen-bond acceptors (Lipinski definition) is 8. The average molecular weight is 577 g/mol. The topological polar surface area (TPSA) is 133 Å². The molecule has 0 radical (unpaired) electrons. The summed E-state index contributed by atoms with van der Waals surface area (Å²) in [6.45, 7) is 6.88. The molecular formula is C29H32N6O5S. The zero-order valence-corrected chi connectivity index (χ0v) is 24.3. The summed E-state index contributed by atoms with van der Waals surface area (Å²) in [5, 5.41) is 5.55. The second-order valence-electron chi connectivity index (χ2n) is 9.09. The number of ether oxygens (including phenoxy) is 1. The maximum Gasteiger partial charge on any atom is 0.286 e. The van der Waals surface area contributed by atoms with Gasteiger partial charge in [0.1, 0.15) is 10.6 Å². The summed E-state index contributed by atoms with van der Waals surface area (Å²) in [5.74, 6) is -0.838. The minimum Gasteiger partial charge on any atom is -0.495 e. The van der Waals surface area contributed by atoms with Crippen molar-refractivity contribution in [1.29, 1.82) is 0 Å². The molecule has 1 aliphatic heterocycles. The molecule has 3 aromatic rings. The van der Waals surface area contributed by atoms with E-state index in [-0.39, 0.29) is 28.0 Å². The zero-order valence-electron chi connectivity index (χ0n) is 23.5. The van der Waals surface area contributed by atoms with Crippen molar-refractivity contribution in [2.45, 2.75) is 25.7 Å². The number of anilines is 4. The molecule has 11 nitrogen and oxygen atoms in total. The van der Waals surface area contributed by atoms with Crippen LogP contribution in [-0.2, 0) is 19.6 Å². The van der Waals surface area contributed by atoms with Gasteiger partial charge in [-0.05, 0) is 56.3 Å². The minimum absolute atomic E-state index is 0.0123. The van der Waals surface area contributed by atoms with Gasteiger partial charge in [0.2, 0.25) is 5.91 Å².